The van der Waals surface area contributed by atoms with Crippen LogP contribution in [0.25, 0.3) is 0 Å². The number of hydrogen-bond acceptors (Lipinski definition) is 3. The molecule has 1 aromatic heterocycles. The summed E-state index contributed by atoms with van der Waals surface area (Å²) in [6.07, 6.45) is 1.05. The van der Waals surface area contributed by atoms with Crippen molar-refractivity contribution in [1.82, 2.24) is 4.98 Å². The van der Waals surface area contributed by atoms with E-state index in [1.54, 1.807) is 0 Å². The first-order valence-corrected chi connectivity index (χ1v) is 4.12. The summed E-state index contributed by atoms with van der Waals surface area (Å²) in [5, 5.41) is 0. The first-order valence-electron chi connectivity index (χ1n) is 3.04. The average Bonchev–Trinajstić information content (AvgIpc) is 2.08. The highest BCUT2D eigenvalue weighted by molar-refractivity contribution is 14.1. The third kappa shape index (κ3) is 1.90. The Bertz CT molecular complexity index is 316. The minimum absolute atomic E-state index is 0.151. The Labute approximate surface area is 82.1 Å². The minimum Gasteiger partial charge on any atom is -0.465 e. The van der Waals surface area contributed by atoms with Crippen molar-refractivity contribution in [2.45, 2.75) is 0 Å². The Morgan fingerprint density at radius 1 is 1.75 bits per heavy atom. The van der Waals surface area contributed by atoms with Crippen molar-refractivity contribution in [3.05, 3.63) is 27.3 Å². The number of nitrogens with zero attached hydrogens (tertiary/aromatic N) is 1. The lowest BCUT2D eigenvalue weighted by molar-refractivity contribution is 0.0598. The van der Waals surface area contributed by atoms with Crippen molar-refractivity contribution in [2.75, 3.05) is 7.11 Å². The van der Waals surface area contributed by atoms with Crippen molar-refractivity contribution in [2.24, 2.45) is 0 Å². The van der Waals surface area contributed by atoms with E-state index < -0.39 is 11.8 Å². The Balaban J connectivity index is 3.13. The number of ether oxygens (including phenoxy) is 1. The lowest BCUT2D eigenvalue weighted by atomic mass is 10.3. The van der Waals surface area contributed by atoms with Crippen LogP contribution in [0.1, 0.15) is 10.4 Å². The zero-order valence-electron chi connectivity index (χ0n) is 6.17. The van der Waals surface area contributed by atoms with Gasteiger partial charge in [0, 0.05) is 0 Å². The van der Waals surface area contributed by atoms with Crippen molar-refractivity contribution < 1.29 is 13.9 Å². The van der Waals surface area contributed by atoms with Crippen LogP contribution >= 0.6 is 22.6 Å². The fourth-order valence-corrected chi connectivity index (χ4v) is 1.19. The van der Waals surface area contributed by atoms with Gasteiger partial charge in [-0.1, -0.05) is 0 Å². The number of hydrogen-bond donors (Lipinski definition) is 0. The van der Waals surface area contributed by atoms with Crippen LogP contribution in [0, 0.1) is 9.52 Å². The molecule has 0 unspecified atom stereocenters. The van der Waals surface area contributed by atoms with Crippen molar-refractivity contribution in [3.63, 3.8) is 0 Å². The van der Waals surface area contributed by atoms with Gasteiger partial charge in [-0.15, -0.1) is 0 Å². The summed E-state index contributed by atoms with van der Waals surface area (Å²) in [6, 6.07) is 1.10. The summed E-state index contributed by atoms with van der Waals surface area (Å²) in [7, 11) is 1.24. The van der Waals surface area contributed by atoms with Crippen LogP contribution in [0.4, 0.5) is 4.39 Å². The van der Waals surface area contributed by atoms with E-state index in [1.165, 1.54) is 7.11 Å². The summed E-state index contributed by atoms with van der Waals surface area (Å²) in [5.74, 6) is -1.12. The van der Waals surface area contributed by atoms with E-state index in [4.69, 9.17) is 0 Å². The lowest BCUT2D eigenvalue weighted by Gasteiger charge is -2.00. The van der Waals surface area contributed by atoms with Crippen LogP contribution in [-0.2, 0) is 4.74 Å². The number of methoxy groups -OCH3 is 1. The minimum atomic E-state index is -0.577. The zero-order chi connectivity index (χ0) is 9.14. The Morgan fingerprint density at radius 2 is 2.42 bits per heavy atom. The van der Waals surface area contributed by atoms with E-state index in [0.29, 0.717) is 3.70 Å². The molecule has 0 aromatic carbocycles. The molecule has 0 radical (unpaired) electrons. The zero-order valence-corrected chi connectivity index (χ0v) is 8.33. The molecule has 64 valence electrons. The average molecular weight is 281 g/mol. The maximum absolute atomic E-state index is 12.6. The summed E-state index contributed by atoms with van der Waals surface area (Å²) in [6.45, 7) is 0. The molecule has 1 aromatic rings. The van der Waals surface area contributed by atoms with Crippen LogP contribution in [0.2, 0.25) is 0 Å². The molecule has 0 saturated heterocycles. The molecule has 5 heteroatoms. The molecule has 1 heterocycles. The molecule has 1 rings (SSSR count). The van der Waals surface area contributed by atoms with Crippen LogP contribution in [0.15, 0.2) is 12.3 Å². The van der Waals surface area contributed by atoms with E-state index in [1.807, 2.05) is 22.6 Å². The molecular weight excluding hydrogens is 276 g/mol. The maximum Gasteiger partial charge on any atom is 0.340 e. The number of aromatic nitrogens is 1. The predicted molar refractivity (Wildman–Crippen MR) is 48.3 cm³/mol. The molecule has 0 aliphatic rings. The smallest absolute Gasteiger partial charge is 0.340 e. The summed E-state index contributed by atoms with van der Waals surface area (Å²) >= 11 is 1.84. The number of carbonyl (C=O) groups excluding carboxylic acids is 1. The number of carbonyl (C=O) groups is 1. The van der Waals surface area contributed by atoms with Crippen molar-refractivity contribution in [1.29, 1.82) is 0 Å². The fourth-order valence-electron chi connectivity index (χ4n) is 0.676. The largest absolute Gasteiger partial charge is 0.465 e. The molecule has 3 nitrogen and oxygen atoms in total. The molecule has 0 amide bonds. The Kier molecular flexibility index (Phi) is 2.96. The molecule has 0 fully saturated rings. The number of pyridine rings is 1. The summed E-state index contributed by atoms with van der Waals surface area (Å²) < 4.78 is 17.4. The highest BCUT2D eigenvalue weighted by Gasteiger charge is 2.11. The Hall–Kier alpha value is -0.720. The first-order chi connectivity index (χ1) is 5.65. The molecule has 0 bridgehead atoms. The second-order valence-corrected chi connectivity index (χ2v) is 3.01. The van der Waals surface area contributed by atoms with Crippen LogP contribution < -0.4 is 0 Å². The number of rotatable bonds is 1. The van der Waals surface area contributed by atoms with Gasteiger partial charge in [-0.25, -0.2) is 14.2 Å². The van der Waals surface area contributed by atoms with Crippen molar-refractivity contribution in [3.8, 4) is 0 Å². The predicted octanol–water partition coefficient (Wildman–Crippen LogP) is 1.61. The quantitative estimate of drug-likeness (QED) is 0.446. The fraction of sp³-hybridized carbons (Fsp3) is 0.143. The van der Waals surface area contributed by atoms with E-state index in [2.05, 4.69) is 9.72 Å². The molecule has 0 saturated carbocycles. The third-order valence-electron chi connectivity index (χ3n) is 1.21. The number of halogens is 2. The summed E-state index contributed by atoms with van der Waals surface area (Å²) in [4.78, 5) is 14.6. The van der Waals surface area contributed by atoms with Gasteiger partial charge in [0.15, 0.2) is 0 Å². The van der Waals surface area contributed by atoms with Gasteiger partial charge < -0.3 is 4.74 Å². The molecular formula is C7H5FINO2. The van der Waals surface area contributed by atoms with Crippen LogP contribution in [-0.4, -0.2) is 18.1 Å². The highest BCUT2D eigenvalue weighted by atomic mass is 127. The van der Waals surface area contributed by atoms with Crippen molar-refractivity contribution >= 4 is 28.6 Å². The molecule has 0 aliphatic carbocycles. The molecule has 0 aliphatic heterocycles. The molecule has 0 N–H and O–H groups in total. The maximum atomic E-state index is 12.6. The van der Waals surface area contributed by atoms with E-state index in [0.717, 1.165) is 12.3 Å². The Morgan fingerprint density at radius 3 is 3.00 bits per heavy atom. The van der Waals surface area contributed by atoms with E-state index >= 15 is 0 Å². The first kappa shape index (κ1) is 9.37. The lowest BCUT2D eigenvalue weighted by Crippen LogP contribution is -2.05. The normalized spacial score (nSPS) is 9.58. The van der Waals surface area contributed by atoms with Gasteiger partial charge in [0.05, 0.1) is 18.9 Å². The number of esters is 1. The molecule has 0 atom stereocenters. The third-order valence-corrected chi connectivity index (χ3v) is 2.07. The standard InChI is InChI=1S/C7H5FINO2/c1-12-7(11)5-2-4(8)3-10-6(5)9/h2-3H,1H3. The summed E-state index contributed by atoms with van der Waals surface area (Å²) in [5.41, 5.74) is 0.151. The van der Waals surface area contributed by atoms with Gasteiger partial charge in [-0.05, 0) is 28.7 Å². The topological polar surface area (TPSA) is 39.2 Å². The van der Waals surface area contributed by atoms with Gasteiger partial charge in [-0.2, -0.15) is 0 Å². The van der Waals surface area contributed by atoms with Crippen LogP contribution in [0.3, 0.4) is 0 Å². The molecule has 0 spiro atoms. The SMILES string of the molecule is COC(=O)c1cc(F)cnc1I. The van der Waals surface area contributed by atoms with Gasteiger partial charge >= 0.3 is 5.97 Å². The van der Waals surface area contributed by atoms with Gasteiger partial charge in [0.2, 0.25) is 0 Å². The van der Waals surface area contributed by atoms with E-state index in [9.17, 15) is 9.18 Å². The van der Waals surface area contributed by atoms with Gasteiger partial charge in [-0.3, -0.25) is 0 Å². The van der Waals surface area contributed by atoms with Gasteiger partial charge in [0.1, 0.15) is 9.52 Å². The van der Waals surface area contributed by atoms with Crippen LogP contribution in [0.5, 0.6) is 0 Å². The highest BCUT2D eigenvalue weighted by Crippen LogP contribution is 2.11. The second-order valence-electron chi connectivity index (χ2n) is 1.98. The van der Waals surface area contributed by atoms with Gasteiger partial charge in [0.25, 0.3) is 0 Å². The molecule has 12 heavy (non-hydrogen) atoms. The second kappa shape index (κ2) is 3.79. The van der Waals surface area contributed by atoms with E-state index in [-0.39, 0.29) is 5.56 Å². The monoisotopic (exact) mass is 281 g/mol.